The highest BCUT2D eigenvalue weighted by Gasteiger charge is 2.22. The van der Waals surface area contributed by atoms with Crippen LogP contribution in [0, 0.1) is 0 Å². The molecule has 0 bridgehead atoms. The predicted molar refractivity (Wildman–Crippen MR) is 77.4 cm³/mol. The lowest BCUT2D eigenvalue weighted by Crippen LogP contribution is -2.53. The maximum atomic E-state index is 11.7. The summed E-state index contributed by atoms with van der Waals surface area (Å²) in [5.41, 5.74) is 5.79. The van der Waals surface area contributed by atoms with E-state index < -0.39 is 36.6 Å². The van der Waals surface area contributed by atoms with Crippen molar-refractivity contribution in [2.24, 2.45) is 5.73 Å². The minimum atomic E-state index is -1.20. The molecule has 5 N–H and O–H groups in total. The number of amides is 3. The van der Waals surface area contributed by atoms with Crippen molar-refractivity contribution in [3.05, 3.63) is 35.9 Å². The molecule has 0 fully saturated rings. The Morgan fingerprint density at radius 2 is 1.86 bits per heavy atom. The molecule has 8 heteroatoms. The number of primary amides is 1. The smallest absolute Gasteiger partial charge is 0.408 e. The van der Waals surface area contributed by atoms with Gasteiger partial charge in [-0.3, -0.25) is 9.59 Å². The fourth-order valence-corrected chi connectivity index (χ4v) is 1.51. The zero-order valence-corrected chi connectivity index (χ0v) is 12.1. The first-order valence-corrected chi connectivity index (χ1v) is 6.61. The fourth-order valence-electron chi connectivity index (χ4n) is 1.51. The van der Waals surface area contributed by atoms with E-state index in [-0.39, 0.29) is 6.61 Å². The maximum Gasteiger partial charge on any atom is 0.408 e. The van der Waals surface area contributed by atoms with Crippen LogP contribution >= 0.6 is 0 Å². The van der Waals surface area contributed by atoms with Gasteiger partial charge in [0.25, 0.3) is 0 Å². The van der Waals surface area contributed by atoms with Crippen LogP contribution in [0.1, 0.15) is 12.5 Å². The topological polar surface area (TPSA) is 131 Å². The summed E-state index contributed by atoms with van der Waals surface area (Å²) in [6.07, 6.45) is -0.772. The molecule has 0 aromatic heterocycles. The van der Waals surface area contributed by atoms with Crippen molar-refractivity contribution in [1.82, 2.24) is 10.6 Å². The monoisotopic (exact) mass is 309 g/mol. The molecular formula is C14H19N3O5. The Kier molecular flexibility index (Phi) is 6.84. The van der Waals surface area contributed by atoms with Gasteiger partial charge in [0.1, 0.15) is 18.7 Å². The quantitative estimate of drug-likeness (QED) is 0.527. The third kappa shape index (κ3) is 5.80. The van der Waals surface area contributed by atoms with Crippen LogP contribution in [0.3, 0.4) is 0 Å². The molecule has 22 heavy (non-hydrogen) atoms. The highest BCUT2D eigenvalue weighted by molar-refractivity contribution is 5.90. The van der Waals surface area contributed by atoms with Crippen molar-refractivity contribution >= 4 is 17.9 Å². The number of aliphatic hydroxyl groups is 1. The second-order valence-electron chi connectivity index (χ2n) is 4.57. The van der Waals surface area contributed by atoms with Crippen molar-refractivity contribution in [3.63, 3.8) is 0 Å². The minimum absolute atomic E-state index is 0.0710. The molecule has 1 aromatic carbocycles. The SMILES string of the molecule is CC(NC(=O)OCc1ccccc1)C(=O)NC(CO)C(N)=O. The van der Waals surface area contributed by atoms with Crippen LogP contribution in [-0.4, -0.2) is 41.7 Å². The van der Waals surface area contributed by atoms with Crippen molar-refractivity contribution < 1.29 is 24.2 Å². The first kappa shape index (κ1) is 17.4. The van der Waals surface area contributed by atoms with Crippen molar-refractivity contribution in [3.8, 4) is 0 Å². The van der Waals surface area contributed by atoms with Crippen LogP contribution in [0.4, 0.5) is 4.79 Å². The molecule has 0 spiro atoms. The highest BCUT2D eigenvalue weighted by Crippen LogP contribution is 2.00. The van der Waals surface area contributed by atoms with E-state index in [1.54, 1.807) is 12.1 Å². The lowest BCUT2D eigenvalue weighted by Gasteiger charge is -2.17. The Morgan fingerprint density at radius 1 is 1.23 bits per heavy atom. The van der Waals surface area contributed by atoms with Gasteiger partial charge in [-0.2, -0.15) is 0 Å². The molecule has 2 atom stereocenters. The van der Waals surface area contributed by atoms with Gasteiger partial charge in [0, 0.05) is 0 Å². The fraction of sp³-hybridized carbons (Fsp3) is 0.357. The van der Waals surface area contributed by atoms with E-state index in [2.05, 4.69) is 10.6 Å². The van der Waals surface area contributed by atoms with Gasteiger partial charge in [-0.1, -0.05) is 30.3 Å². The van der Waals surface area contributed by atoms with Gasteiger partial charge in [0.15, 0.2) is 0 Å². The largest absolute Gasteiger partial charge is 0.445 e. The number of hydrogen-bond acceptors (Lipinski definition) is 5. The lowest BCUT2D eigenvalue weighted by molar-refractivity contribution is -0.129. The number of nitrogens with one attached hydrogen (secondary N) is 2. The summed E-state index contributed by atoms with van der Waals surface area (Å²) in [7, 11) is 0. The Labute approximate surface area is 127 Å². The number of aliphatic hydroxyl groups excluding tert-OH is 1. The van der Waals surface area contributed by atoms with E-state index in [1.807, 2.05) is 18.2 Å². The van der Waals surface area contributed by atoms with Crippen LogP contribution in [-0.2, 0) is 20.9 Å². The molecule has 0 heterocycles. The molecule has 0 radical (unpaired) electrons. The molecule has 1 rings (SSSR count). The van der Waals surface area contributed by atoms with Gasteiger partial charge in [-0.15, -0.1) is 0 Å². The van der Waals surface area contributed by atoms with Crippen LogP contribution in [0.15, 0.2) is 30.3 Å². The van der Waals surface area contributed by atoms with Gasteiger partial charge in [-0.25, -0.2) is 4.79 Å². The molecule has 0 aliphatic carbocycles. The molecule has 0 aliphatic heterocycles. The second kappa shape index (κ2) is 8.63. The summed E-state index contributed by atoms with van der Waals surface area (Å²) >= 11 is 0. The zero-order chi connectivity index (χ0) is 16.5. The van der Waals surface area contributed by atoms with E-state index >= 15 is 0 Å². The molecule has 3 amide bonds. The summed E-state index contributed by atoms with van der Waals surface area (Å²) in [4.78, 5) is 34.2. The van der Waals surface area contributed by atoms with Crippen molar-refractivity contribution in [2.75, 3.05) is 6.61 Å². The van der Waals surface area contributed by atoms with Gasteiger partial charge >= 0.3 is 6.09 Å². The molecular weight excluding hydrogens is 290 g/mol. The number of alkyl carbamates (subject to hydrolysis) is 1. The average molecular weight is 309 g/mol. The average Bonchev–Trinajstić information content (AvgIpc) is 2.50. The molecule has 0 saturated carbocycles. The Hall–Kier alpha value is -2.61. The Balaban J connectivity index is 2.39. The van der Waals surface area contributed by atoms with Gasteiger partial charge in [0.2, 0.25) is 11.8 Å². The van der Waals surface area contributed by atoms with Gasteiger partial charge in [-0.05, 0) is 12.5 Å². The van der Waals surface area contributed by atoms with E-state index in [0.717, 1.165) is 5.56 Å². The molecule has 2 unspecified atom stereocenters. The van der Waals surface area contributed by atoms with Crippen LogP contribution in [0.5, 0.6) is 0 Å². The second-order valence-corrected chi connectivity index (χ2v) is 4.57. The van der Waals surface area contributed by atoms with E-state index in [9.17, 15) is 14.4 Å². The molecule has 120 valence electrons. The van der Waals surface area contributed by atoms with E-state index in [0.29, 0.717) is 0 Å². The first-order valence-electron chi connectivity index (χ1n) is 6.61. The summed E-state index contributed by atoms with van der Waals surface area (Å²) < 4.78 is 4.96. The minimum Gasteiger partial charge on any atom is -0.445 e. The van der Waals surface area contributed by atoms with Gasteiger partial charge < -0.3 is 26.2 Å². The number of ether oxygens (including phenoxy) is 1. The molecule has 8 nitrogen and oxygen atoms in total. The van der Waals surface area contributed by atoms with Crippen molar-refractivity contribution in [2.45, 2.75) is 25.6 Å². The summed E-state index contributed by atoms with van der Waals surface area (Å²) in [5.74, 6) is -1.52. The first-order chi connectivity index (χ1) is 10.4. The van der Waals surface area contributed by atoms with Gasteiger partial charge in [0.05, 0.1) is 6.61 Å². The van der Waals surface area contributed by atoms with Crippen molar-refractivity contribution in [1.29, 1.82) is 0 Å². The van der Waals surface area contributed by atoms with Crippen LogP contribution in [0.2, 0.25) is 0 Å². The Morgan fingerprint density at radius 3 is 2.41 bits per heavy atom. The number of carbonyl (C=O) groups excluding carboxylic acids is 3. The maximum absolute atomic E-state index is 11.7. The number of benzene rings is 1. The lowest BCUT2D eigenvalue weighted by atomic mass is 10.2. The number of hydrogen-bond donors (Lipinski definition) is 4. The van der Waals surface area contributed by atoms with Crippen LogP contribution < -0.4 is 16.4 Å². The number of rotatable bonds is 7. The normalized spacial score (nSPS) is 12.8. The predicted octanol–water partition coefficient (Wildman–Crippen LogP) is -0.736. The van der Waals surface area contributed by atoms with E-state index in [1.165, 1.54) is 6.92 Å². The summed E-state index contributed by atoms with van der Waals surface area (Å²) in [5, 5.41) is 13.4. The third-order valence-corrected chi connectivity index (χ3v) is 2.78. The Bertz CT molecular complexity index is 520. The zero-order valence-electron chi connectivity index (χ0n) is 12.1. The summed E-state index contributed by atoms with van der Waals surface area (Å²) in [6.45, 7) is 0.863. The standard InChI is InChI=1S/C14H19N3O5/c1-9(13(20)17-11(7-18)12(15)19)16-14(21)22-8-10-5-3-2-4-6-10/h2-6,9,11,18H,7-8H2,1H3,(H2,15,19)(H,16,21)(H,17,20). The number of nitrogens with two attached hydrogens (primary N) is 1. The summed E-state index contributed by atoms with van der Waals surface area (Å²) in [6, 6.07) is 6.90. The third-order valence-electron chi connectivity index (χ3n) is 2.78. The molecule has 0 saturated heterocycles. The number of carbonyl (C=O) groups is 3. The van der Waals surface area contributed by atoms with Crippen LogP contribution in [0.25, 0.3) is 0 Å². The highest BCUT2D eigenvalue weighted by atomic mass is 16.5. The molecule has 1 aromatic rings. The van der Waals surface area contributed by atoms with E-state index in [4.69, 9.17) is 15.6 Å². The molecule has 0 aliphatic rings.